The standard InChI is InChI=1S/C16H15ClN4O/c1-12-14(20-21-19-12)18-16(13-5-3-2-4-6-13)9-7-15(17,11-22)8-10-16/h2-11H,1H3,(H2,18,19,20,21). The number of carbonyl (C=O) groups is 1. The van der Waals surface area contributed by atoms with E-state index in [2.05, 4.69) is 20.7 Å². The topological polar surface area (TPSA) is 70.7 Å². The monoisotopic (exact) mass is 314 g/mol. The first-order valence-electron chi connectivity index (χ1n) is 6.84. The molecule has 0 saturated carbocycles. The number of rotatable bonds is 4. The van der Waals surface area contributed by atoms with Gasteiger partial charge in [0.2, 0.25) is 0 Å². The Morgan fingerprint density at radius 2 is 1.82 bits per heavy atom. The number of H-pyrrole nitrogens is 1. The van der Waals surface area contributed by atoms with E-state index in [4.69, 9.17) is 11.6 Å². The van der Waals surface area contributed by atoms with Gasteiger partial charge in [0.15, 0.2) is 5.82 Å². The highest BCUT2D eigenvalue weighted by molar-refractivity contribution is 6.34. The Morgan fingerprint density at radius 1 is 1.14 bits per heavy atom. The zero-order chi connectivity index (χ0) is 15.6. The van der Waals surface area contributed by atoms with Gasteiger partial charge in [-0.15, -0.1) is 16.7 Å². The maximum absolute atomic E-state index is 11.1. The Labute approximate surface area is 133 Å². The number of benzene rings is 1. The molecule has 0 amide bonds. The molecular formula is C16H15ClN4O. The van der Waals surface area contributed by atoms with Crippen LogP contribution < -0.4 is 5.32 Å². The molecule has 3 rings (SSSR count). The minimum Gasteiger partial charge on any atom is -0.351 e. The van der Waals surface area contributed by atoms with Crippen molar-refractivity contribution in [3.63, 3.8) is 0 Å². The van der Waals surface area contributed by atoms with Crippen LogP contribution in [0.5, 0.6) is 0 Å². The van der Waals surface area contributed by atoms with E-state index in [9.17, 15) is 4.79 Å². The van der Waals surface area contributed by atoms with Gasteiger partial charge in [-0.05, 0) is 12.5 Å². The fourth-order valence-corrected chi connectivity index (χ4v) is 2.49. The predicted octanol–water partition coefficient (Wildman–Crippen LogP) is 2.72. The number of anilines is 1. The van der Waals surface area contributed by atoms with Crippen molar-refractivity contribution in [3.8, 4) is 0 Å². The molecule has 6 heteroatoms. The number of nitrogens with zero attached hydrogens (tertiary/aromatic N) is 2. The van der Waals surface area contributed by atoms with Gasteiger partial charge in [0, 0.05) is 0 Å². The Morgan fingerprint density at radius 3 is 2.36 bits per heavy atom. The highest BCUT2D eigenvalue weighted by atomic mass is 35.5. The van der Waals surface area contributed by atoms with Gasteiger partial charge in [0.1, 0.15) is 22.4 Å². The molecule has 1 aromatic carbocycles. The smallest absolute Gasteiger partial charge is 0.172 e. The molecule has 1 aromatic heterocycles. The molecule has 0 saturated heterocycles. The fourth-order valence-electron chi connectivity index (χ4n) is 2.37. The molecule has 1 heterocycles. The Bertz CT molecular complexity index is 722. The SMILES string of the molecule is Cc1n[nH]nc1NC1(c2ccccc2)C=CC(Cl)(C=O)C=C1. The lowest BCUT2D eigenvalue weighted by molar-refractivity contribution is -0.108. The van der Waals surface area contributed by atoms with Gasteiger partial charge in [-0.1, -0.05) is 54.6 Å². The summed E-state index contributed by atoms with van der Waals surface area (Å²) in [6, 6.07) is 9.86. The highest BCUT2D eigenvalue weighted by Gasteiger charge is 2.34. The number of aryl methyl sites for hydroxylation is 1. The van der Waals surface area contributed by atoms with Gasteiger partial charge < -0.3 is 10.1 Å². The Hall–Kier alpha value is -2.40. The average molecular weight is 315 g/mol. The largest absolute Gasteiger partial charge is 0.351 e. The van der Waals surface area contributed by atoms with Crippen LogP contribution in [0.1, 0.15) is 11.3 Å². The molecule has 0 radical (unpaired) electrons. The second kappa shape index (κ2) is 5.42. The number of carbonyl (C=O) groups excluding carboxylic acids is 1. The van der Waals surface area contributed by atoms with Crippen LogP contribution in [0, 0.1) is 6.92 Å². The molecule has 5 nitrogen and oxygen atoms in total. The van der Waals surface area contributed by atoms with Crippen LogP contribution in [0.2, 0.25) is 0 Å². The molecule has 2 aromatic rings. The van der Waals surface area contributed by atoms with E-state index in [-0.39, 0.29) is 0 Å². The summed E-state index contributed by atoms with van der Waals surface area (Å²) >= 11 is 6.18. The minimum atomic E-state index is -1.10. The normalized spacial score (nSPS) is 26.8. The molecule has 112 valence electrons. The van der Waals surface area contributed by atoms with Crippen LogP contribution in [0.25, 0.3) is 0 Å². The number of alkyl halides is 1. The third kappa shape index (κ3) is 2.55. The van der Waals surface area contributed by atoms with Crippen LogP contribution in [-0.2, 0) is 10.3 Å². The highest BCUT2D eigenvalue weighted by Crippen LogP contribution is 2.35. The lowest BCUT2D eigenvalue weighted by Gasteiger charge is -2.33. The van der Waals surface area contributed by atoms with Crippen LogP contribution >= 0.6 is 11.6 Å². The van der Waals surface area contributed by atoms with E-state index in [0.29, 0.717) is 12.1 Å². The van der Waals surface area contributed by atoms with Crippen LogP contribution in [0.4, 0.5) is 5.82 Å². The van der Waals surface area contributed by atoms with E-state index in [0.717, 1.165) is 11.3 Å². The maximum atomic E-state index is 11.1. The van der Waals surface area contributed by atoms with Gasteiger partial charge in [-0.25, -0.2) is 0 Å². The van der Waals surface area contributed by atoms with E-state index in [1.54, 1.807) is 12.2 Å². The molecular weight excluding hydrogens is 300 g/mol. The lowest BCUT2D eigenvalue weighted by Crippen LogP contribution is -2.36. The molecule has 22 heavy (non-hydrogen) atoms. The van der Waals surface area contributed by atoms with Crippen molar-refractivity contribution in [1.29, 1.82) is 0 Å². The fraction of sp³-hybridized carbons (Fsp3) is 0.188. The summed E-state index contributed by atoms with van der Waals surface area (Å²) in [5.41, 5.74) is 1.13. The predicted molar refractivity (Wildman–Crippen MR) is 85.8 cm³/mol. The van der Waals surface area contributed by atoms with Gasteiger partial charge in [-0.2, -0.15) is 10.3 Å². The average Bonchev–Trinajstić information content (AvgIpc) is 2.96. The van der Waals surface area contributed by atoms with E-state index < -0.39 is 10.4 Å². The molecule has 0 fully saturated rings. The molecule has 0 atom stereocenters. The molecule has 1 aliphatic rings. The number of aromatic amines is 1. The zero-order valence-electron chi connectivity index (χ0n) is 12.0. The molecule has 0 aliphatic heterocycles. The summed E-state index contributed by atoms with van der Waals surface area (Å²) < 4.78 is 0. The first kappa shape index (κ1) is 14.5. The molecule has 1 aliphatic carbocycles. The molecule has 0 bridgehead atoms. The number of aldehydes is 1. The number of nitrogens with one attached hydrogen (secondary N) is 2. The minimum absolute atomic E-state index is 0.635. The van der Waals surface area contributed by atoms with Crippen molar-refractivity contribution in [2.24, 2.45) is 0 Å². The Kier molecular flexibility index (Phi) is 3.58. The van der Waals surface area contributed by atoms with Crippen molar-refractivity contribution >= 4 is 23.7 Å². The third-order valence-corrected chi connectivity index (χ3v) is 4.02. The second-order valence-electron chi connectivity index (χ2n) is 5.23. The van der Waals surface area contributed by atoms with Crippen molar-refractivity contribution in [3.05, 3.63) is 65.9 Å². The molecule has 2 N–H and O–H groups in total. The van der Waals surface area contributed by atoms with Gasteiger partial charge in [0.05, 0.1) is 0 Å². The second-order valence-corrected chi connectivity index (χ2v) is 5.88. The van der Waals surface area contributed by atoms with E-state index >= 15 is 0 Å². The molecule has 0 spiro atoms. The van der Waals surface area contributed by atoms with Crippen LogP contribution in [0.15, 0.2) is 54.6 Å². The van der Waals surface area contributed by atoms with E-state index in [1.807, 2.05) is 49.4 Å². The lowest BCUT2D eigenvalue weighted by atomic mass is 9.83. The summed E-state index contributed by atoms with van der Waals surface area (Å²) in [4.78, 5) is 10.0. The van der Waals surface area contributed by atoms with Gasteiger partial charge >= 0.3 is 0 Å². The van der Waals surface area contributed by atoms with Crippen molar-refractivity contribution in [2.75, 3.05) is 5.32 Å². The summed E-state index contributed by atoms with van der Waals surface area (Å²) in [6.45, 7) is 1.86. The number of aromatic nitrogens is 3. The van der Waals surface area contributed by atoms with Crippen LogP contribution in [-0.4, -0.2) is 26.6 Å². The number of hydrogen-bond acceptors (Lipinski definition) is 4. The quantitative estimate of drug-likeness (QED) is 0.517. The zero-order valence-corrected chi connectivity index (χ0v) is 12.7. The van der Waals surface area contributed by atoms with Gasteiger partial charge in [0.25, 0.3) is 0 Å². The van der Waals surface area contributed by atoms with E-state index in [1.165, 1.54) is 0 Å². The van der Waals surface area contributed by atoms with Gasteiger partial charge in [-0.3, -0.25) is 0 Å². The Balaban J connectivity index is 2.05. The number of hydrogen-bond donors (Lipinski definition) is 2. The summed E-state index contributed by atoms with van der Waals surface area (Å²) in [6.07, 6.45) is 7.81. The third-order valence-electron chi connectivity index (χ3n) is 3.68. The van der Waals surface area contributed by atoms with Crippen molar-refractivity contribution in [2.45, 2.75) is 17.3 Å². The first-order chi connectivity index (χ1) is 10.6. The molecule has 0 unspecified atom stereocenters. The summed E-state index contributed by atoms with van der Waals surface area (Å²) in [5.74, 6) is 0.645. The van der Waals surface area contributed by atoms with Crippen molar-refractivity contribution in [1.82, 2.24) is 15.4 Å². The van der Waals surface area contributed by atoms with Crippen LogP contribution in [0.3, 0.4) is 0 Å². The first-order valence-corrected chi connectivity index (χ1v) is 7.22. The number of halogens is 1. The van der Waals surface area contributed by atoms with Crippen molar-refractivity contribution < 1.29 is 4.79 Å². The maximum Gasteiger partial charge on any atom is 0.172 e. The number of allylic oxidation sites excluding steroid dienone is 2. The summed E-state index contributed by atoms with van der Waals surface area (Å²) in [7, 11) is 0. The summed E-state index contributed by atoms with van der Waals surface area (Å²) in [5, 5.41) is 14.1.